The summed E-state index contributed by atoms with van der Waals surface area (Å²) >= 11 is 0. The van der Waals surface area contributed by atoms with Crippen LogP contribution in [0.2, 0.25) is 0 Å². The maximum atomic E-state index is 13.7. The molecule has 19 atom stereocenters. The summed E-state index contributed by atoms with van der Waals surface area (Å²) in [6, 6.07) is 0. The van der Waals surface area contributed by atoms with E-state index in [1.165, 1.54) is 0 Å². The Morgan fingerprint density at radius 1 is 0.618 bits per heavy atom. The molecule has 8 rings (SSSR count). The molecule has 0 aromatic heterocycles. The molecule has 0 aliphatic carbocycles. The summed E-state index contributed by atoms with van der Waals surface area (Å²) in [5.74, 6) is -0.345. The van der Waals surface area contributed by atoms with Crippen molar-refractivity contribution in [3.63, 3.8) is 0 Å². The molecule has 4 N–H and O–H groups in total. The van der Waals surface area contributed by atoms with Crippen molar-refractivity contribution in [3.8, 4) is 0 Å². The largest absolute Gasteiger partial charge is 0.459 e. The van der Waals surface area contributed by atoms with Gasteiger partial charge in [-0.15, -0.1) is 0 Å². The van der Waals surface area contributed by atoms with Gasteiger partial charge in [0, 0.05) is 38.7 Å². The number of carbonyl (C=O) groups is 2. The lowest BCUT2D eigenvalue weighted by molar-refractivity contribution is -0.263. The monoisotopic (exact) mass is 776 g/mol. The summed E-state index contributed by atoms with van der Waals surface area (Å²) in [7, 11) is 0. The number of hydrogen-bond acceptors (Lipinski definition) is 14. The van der Waals surface area contributed by atoms with E-state index in [9.17, 15) is 30.0 Å². The molecule has 14 nitrogen and oxygen atoms in total. The van der Waals surface area contributed by atoms with Crippen molar-refractivity contribution in [2.24, 2.45) is 5.92 Å². The molecule has 8 saturated heterocycles. The van der Waals surface area contributed by atoms with Crippen LogP contribution in [0.4, 0.5) is 0 Å². The van der Waals surface area contributed by atoms with Gasteiger partial charge in [-0.05, 0) is 68.4 Å². The zero-order valence-corrected chi connectivity index (χ0v) is 31.9. The maximum Gasteiger partial charge on any atom is 0.308 e. The lowest BCUT2D eigenvalue weighted by atomic mass is 9.83. The Morgan fingerprint density at radius 3 is 2.15 bits per heavy atom. The average molecular weight is 777 g/mol. The first kappa shape index (κ1) is 40.0. The molecule has 0 amide bonds. The second kappa shape index (κ2) is 16.8. The number of hydrogen-bond donors (Lipinski definition) is 4. The molecule has 0 saturated carbocycles. The van der Waals surface area contributed by atoms with Gasteiger partial charge in [0.1, 0.15) is 42.4 Å². The Hall–Kier alpha value is -1.82. The van der Waals surface area contributed by atoms with Crippen LogP contribution in [0.3, 0.4) is 0 Å². The first-order chi connectivity index (χ1) is 26.4. The number of aliphatic hydroxyl groups is 4. The van der Waals surface area contributed by atoms with E-state index in [-0.39, 0.29) is 68.4 Å². The van der Waals surface area contributed by atoms with Crippen LogP contribution in [-0.4, -0.2) is 149 Å². The molecular formula is C41H60O14. The van der Waals surface area contributed by atoms with Crippen molar-refractivity contribution in [1.82, 2.24) is 0 Å². The minimum atomic E-state index is -1.13. The van der Waals surface area contributed by atoms with Crippen molar-refractivity contribution in [2.45, 2.75) is 207 Å². The highest BCUT2D eigenvalue weighted by Crippen LogP contribution is 2.42. The maximum absolute atomic E-state index is 13.7. The third-order valence-corrected chi connectivity index (χ3v) is 13.5. The lowest BCUT2D eigenvalue weighted by Crippen LogP contribution is -2.61. The molecule has 308 valence electrons. The Bertz CT molecular complexity index is 1420. The summed E-state index contributed by atoms with van der Waals surface area (Å²) in [5, 5.41) is 43.0. The van der Waals surface area contributed by atoms with Crippen LogP contribution >= 0.6 is 0 Å². The number of aliphatic hydroxyl groups excluding tert-OH is 4. The number of ketones is 1. The molecule has 0 spiro atoms. The van der Waals surface area contributed by atoms with Gasteiger partial charge in [0.2, 0.25) is 0 Å². The minimum absolute atomic E-state index is 0.00312. The van der Waals surface area contributed by atoms with E-state index in [2.05, 4.69) is 20.1 Å². The summed E-state index contributed by atoms with van der Waals surface area (Å²) in [5.41, 5.74) is 1.97. The van der Waals surface area contributed by atoms with Crippen LogP contribution in [0.15, 0.2) is 24.3 Å². The molecule has 0 radical (unpaired) electrons. The number of fused-ring (bicyclic) bond motifs is 8. The molecule has 8 aliphatic heterocycles. The topological polar surface area (TPSA) is 189 Å². The highest BCUT2D eigenvalue weighted by atomic mass is 16.6. The molecule has 16 unspecified atom stereocenters. The third kappa shape index (κ3) is 8.52. The number of carbonyl (C=O) groups excluding carboxylic acids is 2. The Labute approximate surface area is 322 Å². The summed E-state index contributed by atoms with van der Waals surface area (Å²) < 4.78 is 50.9. The van der Waals surface area contributed by atoms with Gasteiger partial charge in [-0.3, -0.25) is 9.59 Å². The Kier molecular flexibility index (Phi) is 12.2. The van der Waals surface area contributed by atoms with Crippen LogP contribution < -0.4 is 0 Å². The summed E-state index contributed by atoms with van der Waals surface area (Å²) in [6.07, 6.45) is -4.60. The Balaban J connectivity index is 1.02. The molecule has 8 bridgehead atoms. The van der Waals surface area contributed by atoms with E-state index >= 15 is 0 Å². The van der Waals surface area contributed by atoms with Gasteiger partial charge in [-0.2, -0.15) is 0 Å². The standard InChI is InChI=1S/C41H60O14/c1-19-12-24-6-8-27-20(2)13-23(48-27)5-4-22(43)14-35-37(46)40-41(55-35)38(47)39-29(54-40)9-7-25(50-39)15-36(45)53-34-18-33-31(16-26(44)28(51-33)10-11-42)52-32(34)17-30(49-24)21(19)3/h19,23-35,37-42,44,46-47H,2-18H2,1H3/t19?,23?,24?,25?,26?,27?,28?,29?,30?,31?,32-,33?,34?,35?,37?,38?,39-,40-,41?/m0/s1. The van der Waals surface area contributed by atoms with Gasteiger partial charge in [0.05, 0.1) is 79.7 Å². The number of Topliss-reactive ketones (excluding diaryl/α,β-unsaturated/α-hetero) is 1. The summed E-state index contributed by atoms with van der Waals surface area (Å²) in [6.45, 7) is 10.7. The zero-order valence-electron chi connectivity index (χ0n) is 31.9. The predicted octanol–water partition coefficient (Wildman–Crippen LogP) is 2.14. The van der Waals surface area contributed by atoms with E-state index in [1.807, 2.05) is 0 Å². The van der Waals surface area contributed by atoms with Crippen LogP contribution in [0, 0.1) is 5.92 Å². The van der Waals surface area contributed by atoms with Crippen molar-refractivity contribution < 1.29 is 67.9 Å². The van der Waals surface area contributed by atoms with Crippen molar-refractivity contribution in [1.29, 1.82) is 0 Å². The second-order valence-electron chi connectivity index (χ2n) is 17.4. The molecular weight excluding hydrogens is 716 g/mol. The van der Waals surface area contributed by atoms with E-state index in [0.29, 0.717) is 44.9 Å². The second-order valence-corrected chi connectivity index (χ2v) is 17.4. The van der Waals surface area contributed by atoms with Crippen molar-refractivity contribution in [3.05, 3.63) is 24.3 Å². The molecule has 8 aliphatic rings. The van der Waals surface area contributed by atoms with Crippen molar-refractivity contribution >= 4 is 11.8 Å². The van der Waals surface area contributed by atoms with Gasteiger partial charge in [-0.1, -0.05) is 20.1 Å². The van der Waals surface area contributed by atoms with Gasteiger partial charge in [0.15, 0.2) is 0 Å². The lowest BCUT2D eigenvalue weighted by Gasteiger charge is -2.48. The van der Waals surface area contributed by atoms with Crippen LogP contribution in [-0.2, 0) is 47.5 Å². The highest BCUT2D eigenvalue weighted by molar-refractivity contribution is 5.79. The van der Waals surface area contributed by atoms with Crippen molar-refractivity contribution in [2.75, 3.05) is 6.61 Å². The minimum Gasteiger partial charge on any atom is -0.459 e. The smallest absolute Gasteiger partial charge is 0.308 e. The van der Waals surface area contributed by atoms with Gasteiger partial charge in [0.25, 0.3) is 0 Å². The van der Waals surface area contributed by atoms with E-state index in [0.717, 1.165) is 30.4 Å². The first-order valence-corrected chi connectivity index (χ1v) is 20.7. The zero-order chi connectivity index (χ0) is 38.5. The molecule has 55 heavy (non-hydrogen) atoms. The quantitative estimate of drug-likeness (QED) is 0.236. The first-order valence-electron chi connectivity index (χ1n) is 20.7. The normalized spacial score (nSPS) is 49.8. The highest BCUT2D eigenvalue weighted by Gasteiger charge is 2.57. The van der Waals surface area contributed by atoms with Gasteiger partial charge >= 0.3 is 5.97 Å². The van der Waals surface area contributed by atoms with Crippen LogP contribution in [0.25, 0.3) is 0 Å². The van der Waals surface area contributed by atoms with Gasteiger partial charge in [-0.25, -0.2) is 0 Å². The fourth-order valence-electron chi connectivity index (χ4n) is 10.4. The van der Waals surface area contributed by atoms with Crippen LogP contribution in [0.1, 0.15) is 96.8 Å². The third-order valence-electron chi connectivity index (χ3n) is 13.5. The van der Waals surface area contributed by atoms with Gasteiger partial charge < -0.3 is 58.3 Å². The molecule has 0 aromatic carbocycles. The molecule has 0 aromatic rings. The van der Waals surface area contributed by atoms with E-state index in [4.69, 9.17) is 37.9 Å². The van der Waals surface area contributed by atoms with E-state index in [1.54, 1.807) is 0 Å². The number of ether oxygens (including phenoxy) is 8. The van der Waals surface area contributed by atoms with E-state index < -0.39 is 91.4 Å². The fourth-order valence-corrected chi connectivity index (χ4v) is 10.4. The molecule has 14 heteroatoms. The average Bonchev–Trinajstić information content (AvgIpc) is 3.66. The Morgan fingerprint density at radius 2 is 1.33 bits per heavy atom. The number of rotatable bonds is 2. The molecule has 8 heterocycles. The van der Waals surface area contributed by atoms with Crippen LogP contribution in [0.5, 0.6) is 0 Å². The SMILES string of the molecule is C=C1CC2CCC(=O)CC3OC4C(O)[C@H]5OC(CCC5O[C@H]4C3O)CC(=O)OC3CC4OC(CCO)C(O)CC4O[C@H]3CC3OC(CCC1O2)CC(C)C3=C. The number of esters is 1. The predicted molar refractivity (Wildman–Crippen MR) is 193 cm³/mol. The fraction of sp³-hybridized carbons (Fsp3) is 0.854. The molecule has 8 fully saturated rings. The summed E-state index contributed by atoms with van der Waals surface area (Å²) in [4.78, 5) is 26.9.